The molecule has 0 aliphatic carbocycles. The number of aryl methyl sites for hydroxylation is 1. The Bertz CT molecular complexity index is 627. The van der Waals surface area contributed by atoms with E-state index in [2.05, 4.69) is 10.6 Å². The molecule has 0 saturated heterocycles. The molecule has 2 N–H and O–H groups in total. The average Bonchev–Trinajstić information content (AvgIpc) is 2.45. The second-order valence-corrected chi connectivity index (χ2v) is 4.72. The summed E-state index contributed by atoms with van der Waals surface area (Å²) in [7, 11) is 0. The van der Waals surface area contributed by atoms with Crippen LogP contribution < -0.4 is 10.6 Å². The molecule has 0 aliphatic rings. The van der Waals surface area contributed by atoms with Crippen molar-refractivity contribution in [3.8, 4) is 0 Å². The normalized spacial score (nSPS) is 10.2. The van der Waals surface area contributed by atoms with Crippen LogP contribution in [0.2, 0.25) is 0 Å². The number of carbonyl (C=O) groups is 1. The Morgan fingerprint density at radius 1 is 1.10 bits per heavy atom. The van der Waals surface area contributed by atoms with Crippen molar-refractivity contribution >= 4 is 11.7 Å². The van der Waals surface area contributed by atoms with Gasteiger partial charge in [-0.2, -0.15) is 0 Å². The van der Waals surface area contributed by atoms with Crippen LogP contribution in [0, 0.1) is 18.6 Å². The molecule has 2 aromatic rings. The fourth-order valence-electron chi connectivity index (χ4n) is 1.82. The van der Waals surface area contributed by atoms with E-state index in [9.17, 15) is 13.6 Å². The lowest BCUT2D eigenvalue weighted by molar-refractivity contribution is 0.252. The minimum atomic E-state index is -0.402. The minimum Gasteiger partial charge on any atom is -0.338 e. The van der Waals surface area contributed by atoms with E-state index in [0.29, 0.717) is 24.2 Å². The maximum atomic E-state index is 13.3. The van der Waals surface area contributed by atoms with Crippen molar-refractivity contribution in [2.24, 2.45) is 0 Å². The fourth-order valence-corrected chi connectivity index (χ4v) is 1.82. The minimum absolute atomic E-state index is 0.286. The Hall–Kier alpha value is -2.43. The molecule has 21 heavy (non-hydrogen) atoms. The number of hydrogen-bond donors (Lipinski definition) is 2. The summed E-state index contributed by atoms with van der Waals surface area (Å²) in [6, 6.07) is 10.2. The van der Waals surface area contributed by atoms with Gasteiger partial charge in [0.1, 0.15) is 11.6 Å². The van der Waals surface area contributed by atoms with Crippen LogP contribution in [0.25, 0.3) is 0 Å². The van der Waals surface area contributed by atoms with E-state index in [1.807, 2.05) is 0 Å². The van der Waals surface area contributed by atoms with E-state index in [0.717, 1.165) is 5.56 Å². The molecular weight excluding hydrogens is 274 g/mol. The number of anilines is 1. The third-order valence-corrected chi connectivity index (χ3v) is 3.04. The van der Waals surface area contributed by atoms with Gasteiger partial charge in [0.25, 0.3) is 0 Å². The van der Waals surface area contributed by atoms with Crippen LogP contribution in [0.4, 0.5) is 19.3 Å². The molecule has 0 bridgehead atoms. The van der Waals surface area contributed by atoms with E-state index in [1.165, 1.54) is 18.2 Å². The highest BCUT2D eigenvalue weighted by molar-refractivity contribution is 5.89. The molecule has 0 radical (unpaired) electrons. The van der Waals surface area contributed by atoms with Crippen LogP contribution in [-0.4, -0.2) is 12.6 Å². The molecule has 0 spiro atoms. The fraction of sp³-hybridized carbons (Fsp3) is 0.188. The second kappa shape index (κ2) is 6.83. The SMILES string of the molecule is Cc1ccc(NC(=O)NCCc2ccc(F)cc2)cc1F. The average molecular weight is 290 g/mol. The largest absolute Gasteiger partial charge is 0.338 e. The van der Waals surface area contributed by atoms with E-state index in [1.54, 1.807) is 31.2 Å². The van der Waals surface area contributed by atoms with Crippen LogP contribution >= 0.6 is 0 Å². The monoisotopic (exact) mass is 290 g/mol. The molecular formula is C16H16F2N2O. The summed E-state index contributed by atoms with van der Waals surface area (Å²) in [6.07, 6.45) is 0.593. The van der Waals surface area contributed by atoms with Crippen LogP contribution in [0.5, 0.6) is 0 Å². The standard InChI is InChI=1S/C16H16F2N2O/c1-11-2-7-14(10-15(11)18)20-16(21)19-9-8-12-3-5-13(17)6-4-12/h2-7,10H,8-9H2,1H3,(H2,19,20,21). The first-order valence-corrected chi connectivity index (χ1v) is 6.60. The molecule has 0 saturated carbocycles. The Labute approximate surface area is 122 Å². The van der Waals surface area contributed by atoms with Crippen molar-refractivity contribution in [2.75, 3.05) is 11.9 Å². The number of rotatable bonds is 4. The van der Waals surface area contributed by atoms with E-state index >= 15 is 0 Å². The summed E-state index contributed by atoms with van der Waals surface area (Å²) in [5.74, 6) is -0.648. The van der Waals surface area contributed by atoms with Crippen LogP contribution in [0.3, 0.4) is 0 Å². The number of halogens is 2. The number of carbonyl (C=O) groups excluding carboxylic acids is 1. The van der Waals surface area contributed by atoms with Crippen LogP contribution in [0.1, 0.15) is 11.1 Å². The van der Waals surface area contributed by atoms with Crippen molar-refractivity contribution in [3.05, 3.63) is 65.2 Å². The van der Waals surface area contributed by atoms with Gasteiger partial charge < -0.3 is 10.6 Å². The predicted molar refractivity (Wildman–Crippen MR) is 78.3 cm³/mol. The summed E-state index contributed by atoms with van der Waals surface area (Å²) in [6.45, 7) is 2.06. The third kappa shape index (κ3) is 4.56. The van der Waals surface area contributed by atoms with E-state index < -0.39 is 6.03 Å². The highest BCUT2D eigenvalue weighted by atomic mass is 19.1. The molecule has 0 fully saturated rings. The molecule has 0 atom stereocenters. The quantitative estimate of drug-likeness (QED) is 0.887. The number of benzene rings is 2. The molecule has 0 aliphatic heterocycles. The van der Waals surface area contributed by atoms with Crippen LogP contribution in [-0.2, 0) is 6.42 Å². The van der Waals surface area contributed by atoms with Gasteiger partial charge in [0.05, 0.1) is 0 Å². The topological polar surface area (TPSA) is 41.1 Å². The first-order valence-electron chi connectivity index (χ1n) is 6.60. The number of hydrogen-bond acceptors (Lipinski definition) is 1. The molecule has 0 unspecified atom stereocenters. The lowest BCUT2D eigenvalue weighted by Crippen LogP contribution is -2.30. The molecule has 2 aromatic carbocycles. The second-order valence-electron chi connectivity index (χ2n) is 4.72. The van der Waals surface area contributed by atoms with Crippen molar-refractivity contribution < 1.29 is 13.6 Å². The van der Waals surface area contributed by atoms with Crippen molar-refractivity contribution in [1.29, 1.82) is 0 Å². The highest BCUT2D eigenvalue weighted by Crippen LogP contribution is 2.13. The predicted octanol–water partition coefficient (Wildman–Crippen LogP) is 3.64. The summed E-state index contributed by atoms with van der Waals surface area (Å²) >= 11 is 0. The number of nitrogens with one attached hydrogen (secondary N) is 2. The maximum Gasteiger partial charge on any atom is 0.319 e. The lowest BCUT2D eigenvalue weighted by atomic mass is 10.1. The van der Waals surface area contributed by atoms with Crippen molar-refractivity contribution in [3.63, 3.8) is 0 Å². The first-order chi connectivity index (χ1) is 10.0. The Morgan fingerprint density at radius 2 is 1.81 bits per heavy atom. The van der Waals surface area contributed by atoms with Gasteiger partial charge in [-0.3, -0.25) is 0 Å². The Morgan fingerprint density at radius 3 is 2.48 bits per heavy atom. The maximum absolute atomic E-state index is 13.3. The Balaban J connectivity index is 1.79. The highest BCUT2D eigenvalue weighted by Gasteiger charge is 2.04. The van der Waals surface area contributed by atoms with Gasteiger partial charge in [-0.05, 0) is 48.7 Å². The number of urea groups is 1. The van der Waals surface area contributed by atoms with Crippen molar-refractivity contribution in [2.45, 2.75) is 13.3 Å². The zero-order chi connectivity index (χ0) is 15.2. The lowest BCUT2D eigenvalue weighted by Gasteiger charge is -2.08. The molecule has 2 rings (SSSR count). The van der Waals surface area contributed by atoms with Crippen LogP contribution in [0.15, 0.2) is 42.5 Å². The van der Waals surface area contributed by atoms with Gasteiger partial charge in [0.15, 0.2) is 0 Å². The van der Waals surface area contributed by atoms with E-state index in [-0.39, 0.29) is 11.6 Å². The molecule has 0 aromatic heterocycles. The van der Waals surface area contributed by atoms with Crippen molar-refractivity contribution in [1.82, 2.24) is 5.32 Å². The molecule has 110 valence electrons. The van der Waals surface area contributed by atoms with Gasteiger partial charge in [0.2, 0.25) is 0 Å². The van der Waals surface area contributed by atoms with Gasteiger partial charge >= 0.3 is 6.03 Å². The Kier molecular flexibility index (Phi) is 4.87. The number of amides is 2. The summed E-state index contributed by atoms with van der Waals surface area (Å²) in [5.41, 5.74) is 1.85. The van der Waals surface area contributed by atoms with Gasteiger partial charge in [-0.1, -0.05) is 18.2 Å². The van der Waals surface area contributed by atoms with Gasteiger partial charge in [-0.15, -0.1) is 0 Å². The smallest absolute Gasteiger partial charge is 0.319 e. The zero-order valence-corrected chi connectivity index (χ0v) is 11.6. The third-order valence-electron chi connectivity index (χ3n) is 3.04. The molecule has 0 heterocycles. The summed E-state index contributed by atoms with van der Waals surface area (Å²) < 4.78 is 26.1. The molecule has 2 amide bonds. The van der Waals surface area contributed by atoms with Gasteiger partial charge in [-0.25, -0.2) is 13.6 Å². The first kappa shape index (κ1) is 15.0. The molecule has 5 heteroatoms. The zero-order valence-electron chi connectivity index (χ0n) is 11.6. The summed E-state index contributed by atoms with van der Waals surface area (Å²) in [4.78, 5) is 11.6. The summed E-state index contributed by atoms with van der Waals surface area (Å²) in [5, 5.41) is 5.22. The van der Waals surface area contributed by atoms with E-state index in [4.69, 9.17) is 0 Å². The molecule has 3 nitrogen and oxygen atoms in total. The van der Waals surface area contributed by atoms with Gasteiger partial charge in [0, 0.05) is 12.2 Å².